The average Bonchev–Trinajstić information content (AvgIpc) is 2.52. The molecular formula is C16H18N4O. The number of anilines is 2. The zero-order valence-corrected chi connectivity index (χ0v) is 12.2. The van der Waals surface area contributed by atoms with Crippen LogP contribution in [-0.4, -0.2) is 30.0 Å². The number of amides is 2. The second-order valence-electron chi connectivity index (χ2n) is 5.15. The number of benzene rings is 1. The van der Waals surface area contributed by atoms with Gasteiger partial charge in [0.1, 0.15) is 5.82 Å². The molecule has 5 nitrogen and oxygen atoms in total. The van der Waals surface area contributed by atoms with Gasteiger partial charge in [0.05, 0.1) is 12.2 Å². The quantitative estimate of drug-likeness (QED) is 0.941. The molecular weight excluding hydrogens is 264 g/mol. The summed E-state index contributed by atoms with van der Waals surface area (Å²) in [6.45, 7) is 1.20. The number of hydrogen-bond donors (Lipinski definition) is 1. The van der Waals surface area contributed by atoms with E-state index in [9.17, 15) is 4.79 Å². The smallest absolute Gasteiger partial charge is 0.324 e. The normalized spacial score (nSPS) is 14.1. The van der Waals surface area contributed by atoms with Gasteiger partial charge in [-0.15, -0.1) is 0 Å². The van der Waals surface area contributed by atoms with Crippen molar-refractivity contribution in [1.29, 1.82) is 0 Å². The fourth-order valence-corrected chi connectivity index (χ4v) is 2.58. The van der Waals surface area contributed by atoms with E-state index in [0.29, 0.717) is 13.1 Å². The molecule has 0 radical (unpaired) electrons. The van der Waals surface area contributed by atoms with Gasteiger partial charge in [-0.05, 0) is 29.3 Å². The second-order valence-corrected chi connectivity index (χ2v) is 5.15. The molecule has 1 aromatic heterocycles. The molecule has 5 heteroatoms. The summed E-state index contributed by atoms with van der Waals surface area (Å²) in [6.07, 6.45) is 1.76. The number of carbonyl (C=O) groups is 1. The molecule has 0 aliphatic carbocycles. The van der Waals surface area contributed by atoms with Crippen LogP contribution in [0.2, 0.25) is 0 Å². The van der Waals surface area contributed by atoms with Gasteiger partial charge in [-0.2, -0.15) is 0 Å². The minimum absolute atomic E-state index is 0.0246. The van der Waals surface area contributed by atoms with E-state index in [1.165, 1.54) is 5.56 Å². The van der Waals surface area contributed by atoms with Crippen molar-refractivity contribution >= 4 is 17.5 Å². The topological polar surface area (TPSA) is 48.5 Å². The lowest BCUT2D eigenvalue weighted by Crippen LogP contribution is -2.44. The number of pyridine rings is 1. The van der Waals surface area contributed by atoms with E-state index in [4.69, 9.17) is 0 Å². The van der Waals surface area contributed by atoms with E-state index in [-0.39, 0.29) is 6.03 Å². The fourth-order valence-electron chi connectivity index (χ4n) is 2.58. The number of rotatable bonds is 3. The van der Waals surface area contributed by atoms with E-state index in [1.54, 1.807) is 11.1 Å². The van der Waals surface area contributed by atoms with Crippen molar-refractivity contribution in [2.75, 3.05) is 24.3 Å². The molecule has 108 valence electrons. The number of nitrogens with zero attached hydrogens (tertiary/aromatic N) is 3. The zero-order valence-electron chi connectivity index (χ0n) is 12.2. The summed E-state index contributed by atoms with van der Waals surface area (Å²) in [6, 6.07) is 12.0. The number of fused-ring (bicyclic) bond motifs is 1. The van der Waals surface area contributed by atoms with Gasteiger partial charge in [-0.25, -0.2) is 9.78 Å². The van der Waals surface area contributed by atoms with Gasteiger partial charge in [0, 0.05) is 26.8 Å². The van der Waals surface area contributed by atoms with Crippen LogP contribution < -0.4 is 10.2 Å². The van der Waals surface area contributed by atoms with Crippen molar-refractivity contribution in [1.82, 2.24) is 9.88 Å². The monoisotopic (exact) mass is 282 g/mol. The van der Waals surface area contributed by atoms with Crippen molar-refractivity contribution in [3.05, 3.63) is 53.7 Å². The van der Waals surface area contributed by atoms with E-state index in [2.05, 4.69) is 16.4 Å². The minimum Gasteiger partial charge on any atom is -0.373 e. The Morgan fingerprint density at radius 3 is 2.90 bits per heavy atom. The maximum atomic E-state index is 12.5. The van der Waals surface area contributed by atoms with Crippen molar-refractivity contribution < 1.29 is 4.79 Å². The molecule has 1 aromatic carbocycles. The molecule has 0 atom stereocenters. The van der Waals surface area contributed by atoms with Crippen LogP contribution in [0.5, 0.6) is 0 Å². The minimum atomic E-state index is 0.0246. The van der Waals surface area contributed by atoms with Crippen LogP contribution in [0.1, 0.15) is 11.1 Å². The lowest BCUT2D eigenvalue weighted by Gasteiger charge is -2.35. The van der Waals surface area contributed by atoms with Crippen LogP contribution in [0.25, 0.3) is 0 Å². The highest BCUT2D eigenvalue weighted by Gasteiger charge is 2.27. The number of urea groups is 1. The second kappa shape index (κ2) is 5.44. The van der Waals surface area contributed by atoms with Gasteiger partial charge in [0.15, 0.2) is 0 Å². The lowest BCUT2D eigenvalue weighted by atomic mass is 10.1. The van der Waals surface area contributed by atoms with Crippen molar-refractivity contribution in [3.8, 4) is 0 Å². The Balaban J connectivity index is 1.94. The van der Waals surface area contributed by atoms with Crippen LogP contribution >= 0.6 is 0 Å². The van der Waals surface area contributed by atoms with Crippen molar-refractivity contribution in [3.63, 3.8) is 0 Å². The van der Waals surface area contributed by atoms with E-state index in [0.717, 1.165) is 17.1 Å². The Morgan fingerprint density at radius 2 is 2.10 bits per heavy atom. The van der Waals surface area contributed by atoms with Gasteiger partial charge < -0.3 is 10.2 Å². The van der Waals surface area contributed by atoms with Gasteiger partial charge >= 0.3 is 6.03 Å². The number of carbonyl (C=O) groups excluding carboxylic acids is 1. The van der Waals surface area contributed by atoms with Gasteiger partial charge in [0.2, 0.25) is 0 Å². The third kappa shape index (κ3) is 2.54. The SMILES string of the molecule is CNc1cc(CN2C(=O)N(C)Cc3ccccc32)ccn1. The molecule has 2 heterocycles. The van der Waals surface area contributed by atoms with Crippen molar-refractivity contribution in [2.24, 2.45) is 0 Å². The summed E-state index contributed by atoms with van der Waals surface area (Å²) in [5, 5.41) is 3.02. The summed E-state index contributed by atoms with van der Waals surface area (Å²) in [5.41, 5.74) is 3.21. The predicted molar refractivity (Wildman–Crippen MR) is 83.3 cm³/mol. The summed E-state index contributed by atoms with van der Waals surface area (Å²) in [5.74, 6) is 0.804. The highest BCUT2D eigenvalue weighted by Crippen LogP contribution is 2.29. The van der Waals surface area contributed by atoms with Crippen molar-refractivity contribution in [2.45, 2.75) is 13.1 Å². The Kier molecular flexibility index (Phi) is 3.48. The number of aromatic nitrogens is 1. The molecule has 1 aliphatic rings. The lowest BCUT2D eigenvalue weighted by molar-refractivity contribution is 0.210. The Morgan fingerprint density at radius 1 is 1.29 bits per heavy atom. The summed E-state index contributed by atoms with van der Waals surface area (Å²) in [4.78, 5) is 20.2. The standard InChI is InChI=1S/C16H18N4O/c1-17-15-9-12(7-8-18-15)10-20-14-6-4-3-5-13(14)11-19(2)16(20)21/h3-9H,10-11H2,1-2H3,(H,17,18). The molecule has 0 fully saturated rings. The maximum Gasteiger partial charge on any atom is 0.324 e. The Hall–Kier alpha value is -2.56. The molecule has 1 N–H and O–H groups in total. The van der Waals surface area contributed by atoms with Gasteiger partial charge in [-0.1, -0.05) is 18.2 Å². The first-order valence-corrected chi connectivity index (χ1v) is 6.92. The molecule has 2 aromatic rings. The Bertz CT molecular complexity index is 671. The highest BCUT2D eigenvalue weighted by molar-refractivity contribution is 5.94. The molecule has 0 bridgehead atoms. The number of para-hydroxylation sites is 1. The van der Waals surface area contributed by atoms with E-state index in [1.807, 2.05) is 49.3 Å². The average molecular weight is 282 g/mol. The van der Waals surface area contributed by atoms with E-state index < -0.39 is 0 Å². The summed E-state index contributed by atoms with van der Waals surface area (Å²) in [7, 11) is 3.66. The molecule has 0 saturated heterocycles. The fraction of sp³-hybridized carbons (Fsp3) is 0.250. The molecule has 1 aliphatic heterocycles. The third-order valence-electron chi connectivity index (χ3n) is 3.67. The zero-order chi connectivity index (χ0) is 14.8. The Labute approximate surface area is 124 Å². The van der Waals surface area contributed by atoms with Gasteiger partial charge in [-0.3, -0.25) is 4.90 Å². The van der Waals surface area contributed by atoms with Crippen LogP contribution in [0, 0.1) is 0 Å². The molecule has 0 saturated carbocycles. The predicted octanol–water partition coefficient (Wildman–Crippen LogP) is 2.70. The molecule has 0 spiro atoms. The third-order valence-corrected chi connectivity index (χ3v) is 3.67. The maximum absolute atomic E-state index is 12.5. The van der Waals surface area contributed by atoms with Crippen LogP contribution in [-0.2, 0) is 13.1 Å². The first kappa shape index (κ1) is 13.4. The van der Waals surface area contributed by atoms with Crippen LogP contribution in [0.4, 0.5) is 16.3 Å². The molecule has 3 rings (SSSR count). The number of hydrogen-bond acceptors (Lipinski definition) is 3. The van der Waals surface area contributed by atoms with Gasteiger partial charge in [0.25, 0.3) is 0 Å². The first-order valence-electron chi connectivity index (χ1n) is 6.92. The first-order chi connectivity index (χ1) is 10.2. The summed E-state index contributed by atoms with van der Waals surface area (Å²) < 4.78 is 0. The summed E-state index contributed by atoms with van der Waals surface area (Å²) >= 11 is 0. The largest absolute Gasteiger partial charge is 0.373 e. The van der Waals surface area contributed by atoms with Crippen LogP contribution in [0.15, 0.2) is 42.6 Å². The van der Waals surface area contributed by atoms with Crippen LogP contribution in [0.3, 0.4) is 0 Å². The molecule has 0 unspecified atom stereocenters. The molecule has 2 amide bonds. The number of nitrogens with one attached hydrogen (secondary N) is 1. The highest BCUT2D eigenvalue weighted by atomic mass is 16.2. The van der Waals surface area contributed by atoms with E-state index >= 15 is 0 Å². The molecule has 21 heavy (non-hydrogen) atoms.